The average molecular weight is 287 g/mol. The first-order valence-corrected chi connectivity index (χ1v) is 7.92. The highest BCUT2D eigenvalue weighted by molar-refractivity contribution is 5.82. The Morgan fingerprint density at radius 3 is 2.67 bits per heavy atom. The van der Waals surface area contributed by atoms with E-state index in [1.54, 1.807) is 6.08 Å². The fourth-order valence-corrected chi connectivity index (χ4v) is 2.75. The molecule has 0 spiro atoms. The largest absolute Gasteiger partial charge is 0.451 e. The van der Waals surface area contributed by atoms with Gasteiger partial charge in [0.15, 0.2) is 0 Å². The SMILES string of the molecule is CCCC/C=C/C(=O)OC1(c2ccccc2)CCNCC1. The van der Waals surface area contributed by atoms with E-state index in [2.05, 4.69) is 24.4 Å². The van der Waals surface area contributed by atoms with Crippen molar-refractivity contribution >= 4 is 5.97 Å². The third-order valence-corrected chi connectivity index (χ3v) is 3.99. The molecule has 0 radical (unpaired) electrons. The Kier molecular flexibility index (Phi) is 6.00. The van der Waals surface area contributed by atoms with Crippen molar-refractivity contribution in [2.45, 2.75) is 44.6 Å². The van der Waals surface area contributed by atoms with E-state index in [9.17, 15) is 4.79 Å². The fraction of sp³-hybridized carbons (Fsp3) is 0.500. The number of esters is 1. The van der Waals surface area contributed by atoms with Crippen LogP contribution in [0.1, 0.15) is 44.6 Å². The molecule has 1 N–H and O–H groups in total. The van der Waals surface area contributed by atoms with Gasteiger partial charge in [0, 0.05) is 18.9 Å². The molecule has 1 saturated heterocycles. The molecular formula is C18H25NO2. The molecular weight excluding hydrogens is 262 g/mol. The van der Waals surface area contributed by atoms with Gasteiger partial charge in [-0.1, -0.05) is 56.2 Å². The van der Waals surface area contributed by atoms with Crippen LogP contribution in [0.25, 0.3) is 0 Å². The van der Waals surface area contributed by atoms with Crippen LogP contribution in [0.3, 0.4) is 0 Å². The van der Waals surface area contributed by atoms with Crippen LogP contribution in [0, 0.1) is 0 Å². The lowest BCUT2D eigenvalue weighted by molar-refractivity contribution is -0.157. The predicted molar refractivity (Wildman–Crippen MR) is 85.0 cm³/mol. The highest BCUT2D eigenvalue weighted by atomic mass is 16.6. The van der Waals surface area contributed by atoms with Gasteiger partial charge in [0.1, 0.15) is 5.60 Å². The molecule has 0 unspecified atom stereocenters. The summed E-state index contributed by atoms with van der Waals surface area (Å²) in [5.74, 6) is -0.225. The number of carbonyl (C=O) groups is 1. The second-order valence-corrected chi connectivity index (χ2v) is 5.58. The summed E-state index contributed by atoms with van der Waals surface area (Å²) in [6, 6.07) is 10.1. The van der Waals surface area contributed by atoms with Crippen LogP contribution >= 0.6 is 0 Å². The van der Waals surface area contributed by atoms with Crippen LogP contribution in [0.5, 0.6) is 0 Å². The second-order valence-electron chi connectivity index (χ2n) is 5.58. The molecule has 0 aliphatic carbocycles. The number of carbonyl (C=O) groups excluding carboxylic acids is 1. The van der Waals surface area contributed by atoms with E-state index in [0.717, 1.165) is 50.8 Å². The maximum atomic E-state index is 12.1. The number of hydrogen-bond acceptors (Lipinski definition) is 3. The summed E-state index contributed by atoms with van der Waals surface area (Å²) in [6.07, 6.45) is 8.34. The summed E-state index contributed by atoms with van der Waals surface area (Å²) >= 11 is 0. The molecule has 114 valence electrons. The number of nitrogens with one attached hydrogen (secondary N) is 1. The van der Waals surface area contributed by atoms with Crippen LogP contribution in [-0.2, 0) is 15.1 Å². The molecule has 0 atom stereocenters. The number of rotatable bonds is 6. The minimum Gasteiger partial charge on any atom is -0.451 e. The molecule has 1 aliphatic heterocycles. The van der Waals surface area contributed by atoms with Crippen LogP contribution in [0.4, 0.5) is 0 Å². The van der Waals surface area contributed by atoms with Crippen molar-refractivity contribution in [3.8, 4) is 0 Å². The Balaban J connectivity index is 2.07. The van der Waals surface area contributed by atoms with Gasteiger partial charge in [0.25, 0.3) is 0 Å². The molecule has 2 rings (SSSR count). The highest BCUT2D eigenvalue weighted by Gasteiger charge is 2.37. The lowest BCUT2D eigenvalue weighted by Crippen LogP contribution is -2.42. The zero-order chi connectivity index (χ0) is 15.0. The topological polar surface area (TPSA) is 38.3 Å². The molecule has 1 heterocycles. The molecule has 21 heavy (non-hydrogen) atoms. The molecule has 0 saturated carbocycles. The van der Waals surface area contributed by atoms with Gasteiger partial charge in [-0.15, -0.1) is 0 Å². The van der Waals surface area contributed by atoms with Gasteiger partial charge in [-0.25, -0.2) is 4.79 Å². The normalized spacial score (nSPS) is 17.8. The summed E-state index contributed by atoms with van der Waals surface area (Å²) in [5, 5.41) is 3.33. The number of allylic oxidation sites excluding steroid dienone is 1. The minimum atomic E-state index is -0.474. The second kappa shape index (κ2) is 7.99. The van der Waals surface area contributed by atoms with E-state index in [1.807, 2.05) is 24.3 Å². The van der Waals surface area contributed by atoms with Gasteiger partial charge in [-0.3, -0.25) is 0 Å². The Morgan fingerprint density at radius 1 is 1.29 bits per heavy atom. The van der Waals surface area contributed by atoms with Gasteiger partial charge >= 0.3 is 5.97 Å². The molecule has 1 aromatic rings. The minimum absolute atomic E-state index is 0.225. The first-order chi connectivity index (χ1) is 10.3. The Hall–Kier alpha value is -1.61. The predicted octanol–water partition coefficient (Wildman–Crippen LogP) is 3.55. The van der Waals surface area contributed by atoms with Crippen molar-refractivity contribution in [3.63, 3.8) is 0 Å². The summed E-state index contributed by atoms with van der Waals surface area (Å²) in [4.78, 5) is 12.1. The van der Waals surface area contributed by atoms with Crippen LogP contribution in [-0.4, -0.2) is 19.1 Å². The van der Waals surface area contributed by atoms with Crippen molar-refractivity contribution in [2.75, 3.05) is 13.1 Å². The fourth-order valence-electron chi connectivity index (χ4n) is 2.75. The number of hydrogen-bond donors (Lipinski definition) is 1. The molecule has 3 heteroatoms. The Bertz CT molecular complexity index is 461. The molecule has 0 aromatic heterocycles. The van der Waals surface area contributed by atoms with Crippen LogP contribution < -0.4 is 5.32 Å². The van der Waals surface area contributed by atoms with Crippen molar-refractivity contribution in [2.24, 2.45) is 0 Å². The molecule has 3 nitrogen and oxygen atoms in total. The van der Waals surface area contributed by atoms with E-state index < -0.39 is 5.60 Å². The molecule has 1 fully saturated rings. The van der Waals surface area contributed by atoms with E-state index in [-0.39, 0.29) is 5.97 Å². The van der Waals surface area contributed by atoms with Crippen LogP contribution in [0.15, 0.2) is 42.5 Å². The lowest BCUT2D eigenvalue weighted by atomic mass is 9.85. The Labute approximate surface area is 127 Å². The summed E-state index contributed by atoms with van der Waals surface area (Å²) < 4.78 is 5.88. The average Bonchev–Trinajstić information content (AvgIpc) is 2.53. The van der Waals surface area contributed by atoms with E-state index >= 15 is 0 Å². The molecule has 1 aliphatic rings. The zero-order valence-electron chi connectivity index (χ0n) is 12.8. The standard InChI is InChI=1S/C18H25NO2/c1-2-3-4-8-11-17(20)21-18(12-14-19-15-13-18)16-9-6-5-7-10-16/h5-11,19H,2-4,12-15H2,1H3/b11-8+. The number of benzene rings is 1. The van der Waals surface area contributed by atoms with Crippen molar-refractivity contribution in [1.29, 1.82) is 0 Å². The van der Waals surface area contributed by atoms with Crippen molar-refractivity contribution in [3.05, 3.63) is 48.0 Å². The van der Waals surface area contributed by atoms with E-state index in [1.165, 1.54) is 0 Å². The number of unbranched alkanes of at least 4 members (excludes halogenated alkanes) is 2. The van der Waals surface area contributed by atoms with Gasteiger partial charge in [0.05, 0.1) is 0 Å². The summed E-state index contributed by atoms with van der Waals surface area (Å²) in [5.41, 5.74) is 0.625. The van der Waals surface area contributed by atoms with Crippen molar-refractivity contribution in [1.82, 2.24) is 5.32 Å². The van der Waals surface area contributed by atoms with Gasteiger partial charge in [0.2, 0.25) is 0 Å². The third kappa shape index (κ3) is 4.43. The van der Waals surface area contributed by atoms with Gasteiger partial charge in [-0.05, 0) is 25.1 Å². The number of piperidine rings is 1. The first-order valence-electron chi connectivity index (χ1n) is 7.92. The van der Waals surface area contributed by atoms with Gasteiger partial charge < -0.3 is 10.1 Å². The quantitative estimate of drug-likeness (QED) is 0.494. The zero-order valence-corrected chi connectivity index (χ0v) is 12.8. The maximum Gasteiger partial charge on any atom is 0.331 e. The van der Waals surface area contributed by atoms with E-state index in [4.69, 9.17) is 4.74 Å². The molecule has 0 bridgehead atoms. The lowest BCUT2D eigenvalue weighted by Gasteiger charge is -2.37. The monoisotopic (exact) mass is 287 g/mol. The molecule has 0 amide bonds. The van der Waals surface area contributed by atoms with Crippen LogP contribution in [0.2, 0.25) is 0 Å². The Morgan fingerprint density at radius 2 is 2.00 bits per heavy atom. The smallest absolute Gasteiger partial charge is 0.331 e. The maximum absolute atomic E-state index is 12.1. The van der Waals surface area contributed by atoms with Crippen molar-refractivity contribution < 1.29 is 9.53 Å². The third-order valence-electron chi connectivity index (χ3n) is 3.99. The van der Waals surface area contributed by atoms with Gasteiger partial charge in [-0.2, -0.15) is 0 Å². The summed E-state index contributed by atoms with van der Waals surface area (Å²) in [7, 11) is 0. The highest BCUT2D eigenvalue weighted by Crippen LogP contribution is 2.34. The number of ether oxygens (including phenoxy) is 1. The van der Waals surface area contributed by atoms with E-state index in [0.29, 0.717) is 0 Å². The first kappa shape index (κ1) is 15.8. The summed E-state index contributed by atoms with van der Waals surface area (Å²) in [6.45, 7) is 3.90. The molecule has 1 aromatic carbocycles.